The molecule has 1 aromatic heterocycles. The molecule has 4 heteroatoms. The van der Waals surface area contributed by atoms with Crippen molar-refractivity contribution in [1.82, 2.24) is 20.3 Å². The number of nitrogens with one attached hydrogen (secondary N) is 1. The summed E-state index contributed by atoms with van der Waals surface area (Å²) in [7, 11) is 0. The first-order chi connectivity index (χ1) is 5.84. The van der Waals surface area contributed by atoms with Crippen LogP contribution in [0.5, 0.6) is 0 Å². The molecule has 0 radical (unpaired) electrons. The molecule has 12 heavy (non-hydrogen) atoms. The molecule has 1 aliphatic heterocycles. The van der Waals surface area contributed by atoms with Crippen molar-refractivity contribution in [3.8, 4) is 0 Å². The van der Waals surface area contributed by atoms with Crippen LogP contribution in [0, 0.1) is 6.92 Å². The Labute approximate surface area is 72.0 Å². The molecule has 1 aromatic rings. The molecule has 0 aromatic carbocycles. The molecule has 0 amide bonds. The van der Waals surface area contributed by atoms with E-state index in [-0.39, 0.29) is 0 Å². The van der Waals surface area contributed by atoms with Crippen LogP contribution in [0.2, 0.25) is 0 Å². The van der Waals surface area contributed by atoms with Gasteiger partial charge in [-0.3, -0.25) is 4.68 Å². The summed E-state index contributed by atoms with van der Waals surface area (Å²) in [6.07, 6.45) is 4.54. The normalized spacial score (nSPS) is 23.2. The van der Waals surface area contributed by atoms with E-state index in [2.05, 4.69) is 15.6 Å². The lowest BCUT2D eigenvalue weighted by Gasteiger charge is -2.08. The summed E-state index contributed by atoms with van der Waals surface area (Å²) < 4.78 is 1.92. The zero-order valence-electron chi connectivity index (χ0n) is 7.32. The number of rotatable bonds is 2. The van der Waals surface area contributed by atoms with Crippen LogP contribution in [0.15, 0.2) is 6.20 Å². The summed E-state index contributed by atoms with van der Waals surface area (Å²) in [5.41, 5.74) is 0.994. The molecule has 1 aliphatic rings. The molecular formula is C8H14N4. The highest BCUT2D eigenvalue weighted by Crippen LogP contribution is 2.06. The summed E-state index contributed by atoms with van der Waals surface area (Å²) in [5.74, 6) is 0. The van der Waals surface area contributed by atoms with Gasteiger partial charge in [-0.1, -0.05) is 5.21 Å². The van der Waals surface area contributed by atoms with Gasteiger partial charge in [0, 0.05) is 12.2 Å². The maximum Gasteiger partial charge on any atom is 0.0796 e. The molecule has 2 heterocycles. The van der Waals surface area contributed by atoms with Gasteiger partial charge in [0.05, 0.1) is 12.2 Å². The van der Waals surface area contributed by atoms with Crippen molar-refractivity contribution < 1.29 is 0 Å². The van der Waals surface area contributed by atoms with Crippen LogP contribution >= 0.6 is 0 Å². The molecule has 1 atom stereocenters. The Morgan fingerprint density at radius 1 is 1.75 bits per heavy atom. The molecule has 1 saturated heterocycles. The molecule has 0 unspecified atom stereocenters. The maximum absolute atomic E-state index is 4.01. The van der Waals surface area contributed by atoms with Crippen LogP contribution in [0.1, 0.15) is 18.5 Å². The van der Waals surface area contributed by atoms with Crippen LogP contribution in [-0.2, 0) is 6.54 Å². The number of nitrogens with zero attached hydrogens (tertiary/aromatic N) is 3. The zero-order chi connectivity index (χ0) is 8.39. The molecule has 0 bridgehead atoms. The topological polar surface area (TPSA) is 42.7 Å². The van der Waals surface area contributed by atoms with Gasteiger partial charge in [0.2, 0.25) is 0 Å². The van der Waals surface area contributed by atoms with Gasteiger partial charge in [-0.2, -0.15) is 0 Å². The second-order valence-electron chi connectivity index (χ2n) is 3.38. The molecular weight excluding hydrogens is 152 g/mol. The highest BCUT2D eigenvalue weighted by molar-refractivity contribution is 4.87. The van der Waals surface area contributed by atoms with Gasteiger partial charge in [0.15, 0.2) is 0 Å². The maximum atomic E-state index is 4.01. The minimum Gasteiger partial charge on any atom is -0.312 e. The number of hydrogen-bond donors (Lipinski definition) is 1. The minimum absolute atomic E-state index is 0.603. The van der Waals surface area contributed by atoms with Crippen molar-refractivity contribution >= 4 is 0 Å². The fourth-order valence-electron chi connectivity index (χ4n) is 1.62. The standard InChI is InChI=1S/C8H14N4/c1-7-5-12(11-10-7)6-8-3-2-4-9-8/h5,8-9H,2-4,6H2,1H3/t8-/m0/s1. The largest absolute Gasteiger partial charge is 0.312 e. The summed E-state index contributed by atoms with van der Waals surface area (Å²) in [5, 5.41) is 11.4. The van der Waals surface area contributed by atoms with Gasteiger partial charge in [0.25, 0.3) is 0 Å². The highest BCUT2D eigenvalue weighted by atomic mass is 15.4. The lowest BCUT2D eigenvalue weighted by molar-refractivity contribution is 0.466. The Morgan fingerprint density at radius 3 is 3.25 bits per heavy atom. The van der Waals surface area contributed by atoms with Gasteiger partial charge in [-0.05, 0) is 26.3 Å². The third kappa shape index (κ3) is 1.64. The van der Waals surface area contributed by atoms with Crippen LogP contribution in [-0.4, -0.2) is 27.6 Å². The van der Waals surface area contributed by atoms with Gasteiger partial charge in [-0.25, -0.2) is 0 Å². The molecule has 0 aliphatic carbocycles. The van der Waals surface area contributed by atoms with Crippen molar-refractivity contribution in [3.05, 3.63) is 11.9 Å². The number of aromatic nitrogens is 3. The molecule has 1 fully saturated rings. The van der Waals surface area contributed by atoms with E-state index in [9.17, 15) is 0 Å². The molecule has 1 N–H and O–H groups in total. The minimum atomic E-state index is 0.603. The Kier molecular flexibility index (Phi) is 2.08. The summed E-state index contributed by atoms with van der Waals surface area (Å²) in [4.78, 5) is 0. The molecule has 2 rings (SSSR count). The third-order valence-corrected chi connectivity index (χ3v) is 2.22. The molecule has 0 spiro atoms. The van der Waals surface area contributed by atoms with Crippen LogP contribution in [0.4, 0.5) is 0 Å². The summed E-state index contributed by atoms with van der Waals surface area (Å²) >= 11 is 0. The van der Waals surface area contributed by atoms with Gasteiger partial charge in [0.1, 0.15) is 0 Å². The smallest absolute Gasteiger partial charge is 0.0796 e. The lowest BCUT2D eigenvalue weighted by atomic mass is 10.2. The molecule has 0 saturated carbocycles. The highest BCUT2D eigenvalue weighted by Gasteiger charge is 2.14. The van der Waals surface area contributed by atoms with Crippen LogP contribution in [0.25, 0.3) is 0 Å². The Morgan fingerprint density at radius 2 is 2.67 bits per heavy atom. The fourth-order valence-corrected chi connectivity index (χ4v) is 1.62. The van der Waals surface area contributed by atoms with Gasteiger partial charge in [-0.15, -0.1) is 5.10 Å². The second-order valence-corrected chi connectivity index (χ2v) is 3.38. The Balaban J connectivity index is 1.94. The fraction of sp³-hybridized carbons (Fsp3) is 0.750. The van der Waals surface area contributed by atoms with E-state index >= 15 is 0 Å². The van der Waals surface area contributed by atoms with Crippen molar-refractivity contribution in [1.29, 1.82) is 0 Å². The molecule has 66 valence electrons. The Hall–Kier alpha value is -0.900. The first-order valence-corrected chi connectivity index (χ1v) is 4.45. The van der Waals surface area contributed by atoms with E-state index in [0.717, 1.165) is 18.8 Å². The summed E-state index contributed by atoms with van der Waals surface area (Å²) in [6.45, 7) is 4.07. The van der Waals surface area contributed by atoms with Crippen molar-refractivity contribution in [2.75, 3.05) is 6.54 Å². The molecule has 4 nitrogen and oxygen atoms in total. The zero-order valence-corrected chi connectivity index (χ0v) is 7.32. The lowest BCUT2D eigenvalue weighted by Crippen LogP contribution is -2.26. The average Bonchev–Trinajstić information content (AvgIpc) is 2.63. The van der Waals surface area contributed by atoms with E-state index < -0.39 is 0 Å². The predicted octanol–water partition coefficient (Wildman–Crippen LogP) is 0.339. The van der Waals surface area contributed by atoms with Crippen molar-refractivity contribution in [3.63, 3.8) is 0 Å². The van der Waals surface area contributed by atoms with Gasteiger partial charge >= 0.3 is 0 Å². The number of hydrogen-bond acceptors (Lipinski definition) is 3. The van der Waals surface area contributed by atoms with Gasteiger partial charge < -0.3 is 5.32 Å². The second kappa shape index (κ2) is 3.23. The Bertz CT molecular complexity index is 249. The van der Waals surface area contributed by atoms with Crippen molar-refractivity contribution in [2.45, 2.75) is 32.4 Å². The van der Waals surface area contributed by atoms with E-state index in [1.165, 1.54) is 12.8 Å². The average molecular weight is 166 g/mol. The SMILES string of the molecule is Cc1cn(C[C@@H]2CCCN2)nn1. The third-order valence-electron chi connectivity index (χ3n) is 2.22. The van der Waals surface area contributed by atoms with Crippen LogP contribution < -0.4 is 5.32 Å². The first-order valence-electron chi connectivity index (χ1n) is 4.45. The van der Waals surface area contributed by atoms with Crippen molar-refractivity contribution in [2.24, 2.45) is 0 Å². The van der Waals surface area contributed by atoms with E-state index in [1.54, 1.807) is 0 Å². The van der Waals surface area contributed by atoms with Crippen LogP contribution in [0.3, 0.4) is 0 Å². The quantitative estimate of drug-likeness (QED) is 0.689. The number of aryl methyl sites for hydroxylation is 1. The predicted molar refractivity (Wildman–Crippen MR) is 45.8 cm³/mol. The van der Waals surface area contributed by atoms with E-state index in [1.807, 2.05) is 17.8 Å². The van der Waals surface area contributed by atoms with E-state index in [0.29, 0.717) is 6.04 Å². The monoisotopic (exact) mass is 166 g/mol. The first kappa shape index (κ1) is 7.73. The van der Waals surface area contributed by atoms with E-state index in [4.69, 9.17) is 0 Å². The summed E-state index contributed by atoms with van der Waals surface area (Å²) in [6, 6.07) is 0.603.